The van der Waals surface area contributed by atoms with Gasteiger partial charge in [-0.3, -0.25) is 0 Å². The lowest BCUT2D eigenvalue weighted by atomic mass is 10.2. The van der Waals surface area contributed by atoms with Crippen LogP contribution >= 0.6 is 0 Å². The van der Waals surface area contributed by atoms with E-state index in [1.165, 1.54) is 0 Å². The van der Waals surface area contributed by atoms with Crippen LogP contribution in [-0.4, -0.2) is 29.1 Å². The number of benzene rings is 1. The Labute approximate surface area is 124 Å². The summed E-state index contributed by atoms with van der Waals surface area (Å²) in [5.41, 5.74) is 2.69. The number of hydrogen-bond acceptors (Lipinski definition) is 5. The standard InChI is InChI=1S/C16H17N5/c1-12-6-8-18-16(19-12)20-14-7-9-21(11-14)15-5-3-2-4-13(15)10-17/h2-6,8,14H,7,9,11H2,1H3,(H,18,19,20). The molecule has 0 aliphatic carbocycles. The van der Waals surface area contributed by atoms with Gasteiger partial charge in [0.15, 0.2) is 0 Å². The van der Waals surface area contributed by atoms with Crippen molar-refractivity contribution in [3.8, 4) is 6.07 Å². The van der Waals surface area contributed by atoms with Crippen LogP contribution in [0.25, 0.3) is 0 Å². The minimum atomic E-state index is 0.304. The maximum absolute atomic E-state index is 9.20. The zero-order chi connectivity index (χ0) is 14.7. The molecule has 0 saturated carbocycles. The van der Waals surface area contributed by atoms with Gasteiger partial charge in [-0.05, 0) is 31.5 Å². The molecule has 21 heavy (non-hydrogen) atoms. The Balaban J connectivity index is 1.70. The number of hydrogen-bond donors (Lipinski definition) is 1. The Hall–Kier alpha value is -2.61. The number of nitrogens with zero attached hydrogens (tertiary/aromatic N) is 4. The van der Waals surface area contributed by atoms with E-state index in [2.05, 4.69) is 26.3 Å². The molecule has 2 aromatic rings. The molecule has 0 spiro atoms. The summed E-state index contributed by atoms with van der Waals surface area (Å²) in [4.78, 5) is 10.9. The third kappa shape index (κ3) is 2.95. The van der Waals surface area contributed by atoms with Crippen molar-refractivity contribution in [1.29, 1.82) is 5.26 Å². The lowest BCUT2D eigenvalue weighted by Crippen LogP contribution is -2.27. The number of nitrogens with one attached hydrogen (secondary N) is 1. The SMILES string of the molecule is Cc1ccnc(NC2CCN(c3ccccc3C#N)C2)n1. The lowest BCUT2D eigenvalue weighted by Gasteiger charge is -2.20. The summed E-state index contributed by atoms with van der Waals surface area (Å²) in [7, 11) is 0. The van der Waals surface area contributed by atoms with Gasteiger partial charge in [-0.1, -0.05) is 12.1 Å². The predicted octanol–water partition coefficient (Wildman–Crippen LogP) is 2.35. The molecule has 1 N–H and O–H groups in total. The summed E-state index contributed by atoms with van der Waals surface area (Å²) in [5, 5.41) is 12.6. The van der Waals surface area contributed by atoms with Crippen molar-refractivity contribution in [2.75, 3.05) is 23.3 Å². The highest BCUT2D eigenvalue weighted by Crippen LogP contribution is 2.24. The molecule has 0 radical (unpaired) electrons. The first-order chi connectivity index (χ1) is 10.3. The summed E-state index contributed by atoms with van der Waals surface area (Å²) < 4.78 is 0. The average molecular weight is 279 g/mol. The van der Waals surface area contributed by atoms with E-state index in [0.717, 1.165) is 36.5 Å². The smallest absolute Gasteiger partial charge is 0.223 e. The first kappa shape index (κ1) is 13.4. The van der Waals surface area contributed by atoms with Gasteiger partial charge < -0.3 is 10.2 Å². The molecule has 2 heterocycles. The Bertz CT molecular complexity index is 676. The summed E-state index contributed by atoms with van der Waals surface area (Å²) in [6.45, 7) is 3.75. The zero-order valence-corrected chi connectivity index (χ0v) is 12.0. The number of aromatic nitrogens is 2. The van der Waals surface area contributed by atoms with Crippen molar-refractivity contribution in [1.82, 2.24) is 9.97 Å². The van der Waals surface area contributed by atoms with Gasteiger partial charge >= 0.3 is 0 Å². The first-order valence-electron chi connectivity index (χ1n) is 7.06. The van der Waals surface area contributed by atoms with Crippen LogP contribution in [0.3, 0.4) is 0 Å². The van der Waals surface area contributed by atoms with Gasteiger partial charge in [0.1, 0.15) is 6.07 Å². The fourth-order valence-electron chi connectivity index (χ4n) is 2.64. The van der Waals surface area contributed by atoms with Gasteiger partial charge in [-0.25, -0.2) is 9.97 Å². The zero-order valence-electron chi connectivity index (χ0n) is 12.0. The second-order valence-electron chi connectivity index (χ2n) is 5.23. The van der Waals surface area contributed by atoms with Gasteiger partial charge in [0.2, 0.25) is 5.95 Å². The molecule has 0 bridgehead atoms. The quantitative estimate of drug-likeness (QED) is 0.934. The molecule has 1 aromatic heterocycles. The maximum Gasteiger partial charge on any atom is 0.223 e. The van der Waals surface area contributed by atoms with Gasteiger partial charge in [-0.15, -0.1) is 0 Å². The molecule has 0 amide bonds. The highest BCUT2D eigenvalue weighted by Gasteiger charge is 2.24. The molecule has 1 aliphatic heterocycles. The van der Waals surface area contributed by atoms with Crippen LogP contribution < -0.4 is 10.2 Å². The monoisotopic (exact) mass is 279 g/mol. The maximum atomic E-state index is 9.20. The van der Waals surface area contributed by atoms with Crippen LogP contribution in [0.4, 0.5) is 11.6 Å². The number of rotatable bonds is 3. The van der Waals surface area contributed by atoms with Gasteiger partial charge in [0.05, 0.1) is 11.3 Å². The largest absolute Gasteiger partial charge is 0.368 e. The minimum absolute atomic E-state index is 0.304. The number of nitriles is 1. The summed E-state index contributed by atoms with van der Waals surface area (Å²) >= 11 is 0. The molecule has 1 fully saturated rings. The van der Waals surface area contributed by atoms with Crippen LogP contribution in [0.5, 0.6) is 0 Å². The Morgan fingerprint density at radius 1 is 1.33 bits per heavy atom. The molecule has 1 unspecified atom stereocenters. The number of aryl methyl sites for hydroxylation is 1. The molecule has 106 valence electrons. The van der Waals surface area contributed by atoms with Crippen molar-refractivity contribution in [3.63, 3.8) is 0 Å². The fraction of sp³-hybridized carbons (Fsp3) is 0.312. The summed E-state index contributed by atoms with van der Waals surface area (Å²) in [6.07, 6.45) is 2.78. The van der Waals surface area contributed by atoms with Gasteiger partial charge in [-0.2, -0.15) is 5.26 Å². The predicted molar refractivity (Wildman–Crippen MR) is 82.2 cm³/mol. The molecular formula is C16H17N5. The number of para-hydroxylation sites is 1. The van der Waals surface area contributed by atoms with Crippen LogP contribution in [0, 0.1) is 18.3 Å². The van der Waals surface area contributed by atoms with Gasteiger partial charge in [0, 0.05) is 31.0 Å². The molecule has 1 aromatic carbocycles. The van der Waals surface area contributed by atoms with Crippen molar-refractivity contribution < 1.29 is 0 Å². The molecule has 1 atom stereocenters. The summed E-state index contributed by atoms with van der Waals surface area (Å²) in [6, 6.07) is 12.2. The highest BCUT2D eigenvalue weighted by molar-refractivity contribution is 5.60. The van der Waals surface area contributed by atoms with E-state index in [4.69, 9.17) is 0 Å². The third-order valence-electron chi connectivity index (χ3n) is 3.68. The van der Waals surface area contributed by atoms with E-state index in [1.54, 1.807) is 6.20 Å². The third-order valence-corrected chi connectivity index (χ3v) is 3.68. The summed E-state index contributed by atoms with van der Waals surface area (Å²) in [5.74, 6) is 0.676. The second-order valence-corrected chi connectivity index (χ2v) is 5.23. The van der Waals surface area contributed by atoms with Crippen LogP contribution in [0.1, 0.15) is 17.7 Å². The molecule has 3 rings (SSSR count). The van der Waals surface area contributed by atoms with Crippen molar-refractivity contribution in [2.45, 2.75) is 19.4 Å². The van der Waals surface area contributed by atoms with Crippen molar-refractivity contribution >= 4 is 11.6 Å². The van der Waals surface area contributed by atoms with Crippen molar-refractivity contribution in [3.05, 3.63) is 47.8 Å². The Morgan fingerprint density at radius 2 is 2.19 bits per heavy atom. The van der Waals surface area contributed by atoms with E-state index >= 15 is 0 Å². The lowest BCUT2D eigenvalue weighted by molar-refractivity contribution is 0.790. The molecule has 1 saturated heterocycles. The van der Waals surface area contributed by atoms with E-state index in [1.807, 2.05) is 37.3 Å². The topological polar surface area (TPSA) is 64.8 Å². The van der Waals surface area contributed by atoms with E-state index < -0.39 is 0 Å². The first-order valence-corrected chi connectivity index (χ1v) is 7.06. The van der Waals surface area contributed by atoms with E-state index in [9.17, 15) is 5.26 Å². The van der Waals surface area contributed by atoms with Crippen LogP contribution in [0.15, 0.2) is 36.5 Å². The molecule has 5 nitrogen and oxygen atoms in total. The highest BCUT2D eigenvalue weighted by atomic mass is 15.2. The molecular weight excluding hydrogens is 262 g/mol. The molecule has 5 heteroatoms. The second kappa shape index (κ2) is 5.80. The van der Waals surface area contributed by atoms with E-state index in [-0.39, 0.29) is 0 Å². The fourth-order valence-corrected chi connectivity index (χ4v) is 2.64. The van der Waals surface area contributed by atoms with E-state index in [0.29, 0.717) is 12.0 Å². The molecule has 1 aliphatic rings. The van der Waals surface area contributed by atoms with Gasteiger partial charge in [0.25, 0.3) is 0 Å². The number of anilines is 2. The van der Waals surface area contributed by atoms with Crippen LogP contribution in [0.2, 0.25) is 0 Å². The average Bonchev–Trinajstić information content (AvgIpc) is 2.95. The normalized spacial score (nSPS) is 17.5. The van der Waals surface area contributed by atoms with Crippen molar-refractivity contribution in [2.24, 2.45) is 0 Å². The Kier molecular flexibility index (Phi) is 3.69. The van der Waals surface area contributed by atoms with Crippen LogP contribution in [-0.2, 0) is 0 Å². The Morgan fingerprint density at radius 3 is 3.00 bits per heavy atom. The minimum Gasteiger partial charge on any atom is -0.368 e.